The molecule has 1 atom stereocenters. The van der Waals surface area contributed by atoms with Gasteiger partial charge in [0.1, 0.15) is 0 Å². The second-order valence-electron chi connectivity index (χ2n) is 1.54. The fourth-order valence-electron chi connectivity index (χ4n) is 0.342. The van der Waals surface area contributed by atoms with Crippen LogP contribution in [0, 0.1) is 11.8 Å². The van der Waals surface area contributed by atoms with Crippen molar-refractivity contribution < 1.29 is 18.7 Å². The van der Waals surface area contributed by atoms with E-state index >= 15 is 0 Å². The Morgan fingerprint density at radius 1 is 1.73 bits per heavy atom. The first-order valence-electron chi connectivity index (χ1n) is 3.05. The van der Waals surface area contributed by atoms with E-state index in [2.05, 4.69) is 9.47 Å². The van der Waals surface area contributed by atoms with Gasteiger partial charge in [-0.2, -0.15) is 0 Å². The second-order valence-corrected chi connectivity index (χ2v) is 1.54. The summed E-state index contributed by atoms with van der Waals surface area (Å²) in [6, 6.07) is 0. The van der Waals surface area contributed by atoms with Gasteiger partial charge in [0, 0.05) is 13.0 Å². The van der Waals surface area contributed by atoms with Crippen molar-refractivity contribution >= 4 is 5.97 Å². The van der Waals surface area contributed by atoms with Crippen molar-refractivity contribution in [2.45, 2.75) is 13.3 Å². The van der Waals surface area contributed by atoms with E-state index in [4.69, 9.17) is 0 Å². The molecule has 0 aromatic heterocycles. The van der Waals surface area contributed by atoms with Gasteiger partial charge in [0.15, 0.2) is 0 Å². The summed E-state index contributed by atoms with van der Waals surface area (Å²) >= 11 is 0. The Labute approximate surface area is 64.5 Å². The number of hydrogen-bond donors (Lipinski definition) is 0. The van der Waals surface area contributed by atoms with Crippen LogP contribution in [0.4, 0.5) is 4.39 Å². The zero-order chi connectivity index (χ0) is 8.69. The van der Waals surface area contributed by atoms with Gasteiger partial charge in [-0.05, 0) is 12.8 Å². The number of halogens is 1. The molecule has 0 amide bonds. The summed E-state index contributed by atoms with van der Waals surface area (Å²) in [5.74, 6) is 3.08. The number of carbonyl (C=O) groups is 1. The van der Waals surface area contributed by atoms with Gasteiger partial charge in [0.05, 0.1) is 6.61 Å². The molecule has 0 saturated carbocycles. The van der Waals surface area contributed by atoms with Gasteiger partial charge in [-0.3, -0.25) is 0 Å². The monoisotopic (exact) mass is 160 g/mol. The molecule has 0 aliphatic heterocycles. The number of carbonyl (C=O) groups excluding carboxylic acids is 1. The van der Waals surface area contributed by atoms with Gasteiger partial charge in [0.25, 0.3) is 6.36 Å². The lowest BCUT2D eigenvalue weighted by Crippen LogP contribution is -2.03. The number of methoxy groups -OCH3 is 1. The summed E-state index contributed by atoms with van der Waals surface area (Å²) in [6.07, 6.45) is -1.72. The summed E-state index contributed by atoms with van der Waals surface area (Å²) in [7, 11) is 1.16. The molecular weight excluding hydrogens is 151 g/mol. The molecule has 0 aliphatic rings. The molecule has 1 unspecified atom stereocenters. The highest BCUT2D eigenvalue weighted by Crippen LogP contribution is 1.86. The molecule has 62 valence electrons. The number of esters is 1. The van der Waals surface area contributed by atoms with E-state index < -0.39 is 12.3 Å². The van der Waals surface area contributed by atoms with Crippen LogP contribution in [0.5, 0.6) is 0 Å². The molecule has 0 radical (unpaired) electrons. The second kappa shape index (κ2) is 5.69. The lowest BCUT2D eigenvalue weighted by Gasteiger charge is -1.93. The van der Waals surface area contributed by atoms with Crippen LogP contribution in [0.25, 0.3) is 0 Å². The average Bonchev–Trinajstić information content (AvgIpc) is 2.01. The first-order chi connectivity index (χ1) is 5.20. The van der Waals surface area contributed by atoms with Crippen LogP contribution in [0.3, 0.4) is 0 Å². The largest absolute Gasteiger partial charge is 0.456 e. The van der Waals surface area contributed by atoms with Crippen molar-refractivity contribution in [2.75, 3.05) is 13.7 Å². The predicted molar refractivity (Wildman–Crippen MR) is 36.3 cm³/mol. The lowest BCUT2D eigenvalue weighted by atomic mass is 10.6. The Kier molecular flexibility index (Phi) is 5.13. The highest BCUT2D eigenvalue weighted by atomic mass is 19.1. The van der Waals surface area contributed by atoms with E-state index in [1.807, 2.05) is 11.8 Å². The minimum absolute atomic E-state index is 0.234. The van der Waals surface area contributed by atoms with E-state index in [-0.39, 0.29) is 6.61 Å². The van der Waals surface area contributed by atoms with Gasteiger partial charge in [-0.25, -0.2) is 9.18 Å². The standard InChI is InChI=1S/C7H9FO3/c1-3-11-7(9)5-4-6(8)10-2/h6H,3H2,1-2H3. The Morgan fingerprint density at radius 2 is 2.36 bits per heavy atom. The van der Waals surface area contributed by atoms with Crippen molar-refractivity contribution in [3.63, 3.8) is 0 Å². The molecule has 4 heteroatoms. The maximum absolute atomic E-state index is 12.1. The van der Waals surface area contributed by atoms with Crippen molar-refractivity contribution in [1.29, 1.82) is 0 Å². The van der Waals surface area contributed by atoms with E-state index in [1.54, 1.807) is 6.92 Å². The number of ether oxygens (including phenoxy) is 2. The van der Waals surface area contributed by atoms with Crippen LogP contribution in [-0.2, 0) is 14.3 Å². The molecule has 0 aromatic carbocycles. The molecule has 0 rings (SSSR count). The van der Waals surface area contributed by atoms with Crippen molar-refractivity contribution in [3.8, 4) is 11.8 Å². The highest BCUT2D eigenvalue weighted by Gasteiger charge is 1.97. The van der Waals surface area contributed by atoms with Crippen LogP contribution in [0.15, 0.2) is 0 Å². The first-order valence-corrected chi connectivity index (χ1v) is 3.05. The maximum Gasteiger partial charge on any atom is 0.384 e. The van der Waals surface area contributed by atoms with E-state index in [1.165, 1.54) is 0 Å². The first kappa shape index (κ1) is 9.92. The molecule has 0 heterocycles. The van der Waals surface area contributed by atoms with E-state index in [0.29, 0.717) is 0 Å². The molecule has 0 aliphatic carbocycles. The fraction of sp³-hybridized carbons (Fsp3) is 0.571. The van der Waals surface area contributed by atoms with Gasteiger partial charge >= 0.3 is 5.97 Å². The van der Waals surface area contributed by atoms with Crippen LogP contribution in [0.1, 0.15) is 6.92 Å². The van der Waals surface area contributed by atoms with E-state index in [0.717, 1.165) is 7.11 Å². The molecule has 0 spiro atoms. The third-order valence-corrected chi connectivity index (χ3v) is 0.770. The fourth-order valence-corrected chi connectivity index (χ4v) is 0.342. The molecule has 0 fully saturated rings. The maximum atomic E-state index is 12.1. The minimum Gasteiger partial charge on any atom is -0.456 e. The Balaban J connectivity index is 3.76. The molecule has 0 N–H and O–H groups in total. The third kappa shape index (κ3) is 5.37. The molecule has 0 saturated heterocycles. The summed E-state index contributed by atoms with van der Waals surface area (Å²) in [5.41, 5.74) is 0. The van der Waals surface area contributed by atoms with Gasteiger partial charge < -0.3 is 9.47 Å². The van der Waals surface area contributed by atoms with Crippen molar-refractivity contribution in [2.24, 2.45) is 0 Å². The summed E-state index contributed by atoms with van der Waals surface area (Å²) in [5, 5.41) is 0. The van der Waals surface area contributed by atoms with Gasteiger partial charge in [0.2, 0.25) is 0 Å². The molecular formula is C7H9FO3. The zero-order valence-corrected chi connectivity index (χ0v) is 6.39. The van der Waals surface area contributed by atoms with Crippen LogP contribution in [0.2, 0.25) is 0 Å². The molecule has 11 heavy (non-hydrogen) atoms. The van der Waals surface area contributed by atoms with Crippen molar-refractivity contribution in [1.82, 2.24) is 0 Å². The van der Waals surface area contributed by atoms with Crippen LogP contribution < -0.4 is 0 Å². The normalized spacial score (nSPS) is 11.2. The smallest absolute Gasteiger partial charge is 0.384 e. The average molecular weight is 160 g/mol. The summed E-state index contributed by atoms with van der Waals surface area (Å²) in [4.78, 5) is 10.4. The van der Waals surface area contributed by atoms with Crippen LogP contribution in [-0.4, -0.2) is 26.0 Å². The Hall–Kier alpha value is -1.08. The Morgan fingerprint density at radius 3 is 2.82 bits per heavy atom. The van der Waals surface area contributed by atoms with E-state index in [9.17, 15) is 9.18 Å². The highest BCUT2D eigenvalue weighted by molar-refractivity contribution is 5.88. The SMILES string of the molecule is CCOC(=O)C#CC(F)OC. The number of rotatable bonds is 2. The zero-order valence-electron chi connectivity index (χ0n) is 6.39. The molecule has 0 aromatic rings. The lowest BCUT2D eigenvalue weighted by molar-refractivity contribution is -0.136. The molecule has 3 nitrogen and oxygen atoms in total. The topological polar surface area (TPSA) is 35.5 Å². The summed E-state index contributed by atoms with van der Waals surface area (Å²) in [6.45, 7) is 1.88. The Bertz CT molecular complexity index is 180. The molecule has 0 bridgehead atoms. The minimum atomic E-state index is -1.72. The quantitative estimate of drug-likeness (QED) is 0.335. The summed E-state index contributed by atoms with van der Waals surface area (Å²) < 4.78 is 20.7. The number of alkyl halides is 1. The van der Waals surface area contributed by atoms with Gasteiger partial charge in [-0.1, -0.05) is 0 Å². The van der Waals surface area contributed by atoms with Crippen LogP contribution >= 0.6 is 0 Å². The van der Waals surface area contributed by atoms with Crippen molar-refractivity contribution in [3.05, 3.63) is 0 Å². The number of hydrogen-bond acceptors (Lipinski definition) is 3. The predicted octanol–water partition coefficient (Wildman–Crippen LogP) is 0.495. The third-order valence-electron chi connectivity index (χ3n) is 0.770. The van der Waals surface area contributed by atoms with Gasteiger partial charge in [-0.15, -0.1) is 0 Å².